The van der Waals surface area contributed by atoms with Crippen molar-refractivity contribution in [3.63, 3.8) is 0 Å². The van der Waals surface area contributed by atoms with Crippen molar-refractivity contribution < 1.29 is 19.1 Å². The molecule has 3 rings (SSSR count). The Hall–Kier alpha value is -3.06. The van der Waals surface area contributed by atoms with Crippen LogP contribution in [0.5, 0.6) is 5.75 Å². The van der Waals surface area contributed by atoms with Gasteiger partial charge in [-0.05, 0) is 49.7 Å². The quantitative estimate of drug-likeness (QED) is 0.685. The van der Waals surface area contributed by atoms with Gasteiger partial charge in [0.2, 0.25) is 17.7 Å². The van der Waals surface area contributed by atoms with E-state index in [1.807, 2.05) is 0 Å². The van der Waals surface area contributed by atoms with Gasteiger partial charge in [0.25, 0.3) is 0 Å². The monoisotopic (exact) mass is 429 g/mol. The summed E-state index contributed by atoms with van der Waals surface area (Å²) in [7, 11) is 1.55. The second kappa shape index (κ2) is 9.63. The number of hydrogen-bond donors (Lipinski definition) is 1. The molecular weight excluding hydrogens is 406 g/mol. The maximum Gasteiger partial charge on any atom is 0.243 e. The van der Waals surface area contributed by atoms with Gasteiger partial charge in [-0.15, -0.1) is 0 Å². The number of hydrogen-bond acceptors (Lipinski definition) is 4. The van der Waals surface area contributed by atoms with Crippen LogP contribution < -0.4 is 15.0 Å². The molecule has 1 fully saturated rings. The summed E-state index contributed by atoms with van der Waals surface area (Å²) < 4.78 is 5.14. The van der Waals surface area contributed by atoms with Crippen LogP contribution >= 0.6 is 11.6 Å². The van der Waals surface area contributed by atoms with Crippen LogP contribution in [0.15, 0.2) is 48.5 Å². The van der Waals surface area contributed by atoms with Gasteiger partial charge < -0.3 is 19.9 Å². The number of amides is 3. The van der Waals surface area contributed by atoms with Crippen LogP contribution in [0.25, 0.3) is 0 Å². The summed E-state index contributed by atoms with van der Waals surface area (Å²) in [5.41, 5.74) is 1.28. The highest BCUT2D eigenvalue weighted by atomic mass is 35.5. The molecule has 1 saturated heterocycles. The Morgan fingerprint density at radius 1 is 1.23 bits per heavy atom. The minimum Gasteiger partial charge on any atom is -0.497 e. The van der Waals surface area contributed by atoms with Crippen molar-refractivity contribution in [3.05, 3.63) is 53.6 Å². The Morgan fingerprint density at radius 2 is 1.97 bits per heavy atom. The number of ether oxygens (including phenoxy) is 1. The van der Waals surface area contributed by atoms with E-state index in [-0.39, 0.29) is 24.3 Å². The van der Waals surface area contributed by atoms with E-state index in [1.165, 1.54) is 4.90 Å². The molecule has 1 atom stereocenters. The van der Waals surface area contributed by atoms with E-state index >= 15 is 0 Å². The number of carbonyl (C=O) groups is 3. The third-order valence-electron chi connectivity index (χ3n) is 5.02. The molecule has 8 heteroatoms. The average Bonchev–Trinajstić information content (AvgIpc) is 3.13. The van der Waals surface area contributed by atoms with Crippen molar-refractivity contribution in [2.24, 2.45) is 5.92 Å². The highest BCUT2D eigenvalue weighted by Crippen LogP contribution is 2.27. The Balaban J connectivity index is 1.63. The second-order valence-corrected chi connectivity index (χ2v) is 7.38. The fourth-order valence-electron chi connectivity index (χ4n) is 3.43. The number of carbonyl (C=O) groups excluding carboxylic acids is 3. The lowest BCUT2D eigenvalue weighted by molar-refractivity contribution is -0.141. The molecule has 2 aromatic rings. The van der Waals surface area contributed by atoms with Crippen molar-refractivity contribution in [2.75, 3.05) is 37.0 Å². The van der Waals surface area contributed by atoms with Gasteiger partial charge in [0.05, 0.1) is 13.7 Å². The number of methoxy groups -OCH3 is 1. The third kappa shape index (κ3) is 4.91. The first kappa shape index (κ1) is 21.6. The molecule has 0 bridgehead atoms. The summed E-state index contributed by atoms with van der Waals surface area (Å²) in [4.78, 5) is 41.2. The molecule has 30 heavy (non-hydrogen) atoms. The van der Waals surface area contributed by atoms with E-state index in [9.17, 15) is 14.4 Å². The zero-order valence-corrected chi connectivity index (χ0v) is 17.7. The maximum atomic E-state index is 13.0. The summed E-state index contributed by atoms with van der Waals surface area (Å²) >= 11 is 5.91. The Labute approximate surface area is 180 Å². The molecule has 7 nitrogen and oxygen atoms in total. The lowest BCUT2D eigenvalue weighted by Crippen LogP contribution is -2.43. The molecule has 158 valence electrons. The number of benzene rings is 2. The normalized spacial score (nSPS) is 15.8. The lowest BCUT2D eigenvalue weighted by Gasteiger charge is -2.23. The summed E-state index contributed by atoms with van der Waals surface area (Å²) in [6.45, 7) is 2.43. The van der Waals surface area contributed by atoms with E-state index in [0.717, 1.165) is 0 Å². The van der Waals surface area contributed by atoms with Gasteiger partial charge in [-0.1, -0.05) is 17.7 Å². The van der Waals surface area contributed by atoms with Crippen molar-refractivity contribution in [1.82, 2.24) is 4.90 Å². The number of halogens is 1. The predicted molar refractivity (Wildman–Crippen MR) is 116 cm³/mol. The van der Waals surface area contributed by atoms with Crippen LogP contribution in [-0.2, 0) is 14.4 Å². The van der Waals surface area contributed by atoms with Crippen LogP contribution in [-0.4, -0.2) is 49.4 Å². The minimum atomic E-state index is -0.787. The predicted octanol–water partition coefficient (Wildman–Crippen LogP) is 3.19. The SMILES string of the molecule is CCN(CC(=O)Nc1cccc(OC)c1)C(=O)C1CCN(c2ccc(Cl)cc2)C1=O. The number of nitrogens with zero attached hydrogens (tertiary/aromatic N) is 2. The third-order valence-corrected chi connectivity index (χ3v) is 5.28. The van der Waals surface area contributed by atoms with Crippen LogP contribution in [0.2, 0.25) is 5.02 Å². The average molecular weight is 430 g/mol. The van der Waals surface area contributed by atoms with E-state index in [2.05, 4.69) is 5.32 Å². The zero-order chi connectivity index (χ0) is 21.7. The largest absolute Gasteiger partial charge is 0.497 e. The van der Waals surface area contributed by atoms with Gasteiger partial charge in [-0.2, -0.15) is 0 Å². The van der Waals surface area contributed by atoms with Crippen LogP contribution in [0, 0.1) is 5.92 Å². The molecule has 0 spiro atoms. The highest BCUT2D eigenvalue weighted by molar-refractivity contribution is 6.30. The van der Waals surface area contributed by atoms with E-state index < -0.39 is 5.92 Å². The first-order chi connectivity index (χ1) is 14.4. The van der Waals surface area contributed by atoms with Gasteiger partial charge in [-0.25, -0.2) is 0 Å². The van der Waals surface area contributed by atoms with E-state index in [1.54, 1.807) is 67.5 Å². The fraction of sp³-hybridized carbons (Fsp3) is 0.318. The molecule has 1 aliphatic heterocycles. The highest BCUT2D eigenvalue weighted by Gasteiger charge is 2.39. The van der Waals surface area contributed by atoms with Gasteiger partial charge in [0.1, 0.15) is 11.7 Å². The fourth-order valence-corrected chi connectivity index (χ4v) is 3.55. The molecule has 1 N–H and O–H groups in total. The van der Waals surface area contributed by atoms with Crippen molar-refractivity contribution in [2.45, 2.75) is 13.3 Å². The van der Waals surface area contributed by atoms with Crippen LogP contribution in [0.1, 0.15) is 13.3 Å². The second-order valence-electron chi connectivity index (χ2n) is 6.94. The summed E-state index contributed by atoms with van der Waals surface area (Å²) in [6, 6.07) is 13.9. The Bertz CT molecular complexity index is 932. The number of rotatable bonds is 7. The van der Waals surface area contributed by atoms with Gasteiger partial charge >= 0.3 is 0 Å². The van der Waals surface area contributed by atoms with Crippen LogP contribution in [0.3, 0.4) is 0 Å². The zero-order valence-electron chi connectivity index (χ0n) is 16.9. The summed E-state index contributed by atoms with van der Waals surface area (Å²) in [5.74, 6) is -1.09. The van der Waals surface area contributed by atoms with Gasteiger partial charge in [-0.3, -0.25) is 14.4 Å². The molecule has 1 unspecified atom stereocenters. The molecule has 0 radical (unpaired) electrons. The summed E-state index contributed by atoms with van der Waals surface area (Å²) in [6.07, 6.45) is 0.411. The van der Waals surface area contributed by atoms with Crippen molar-refractivity contribution in [1.29, 1.82) is 0 Å². The smallest absolute Gasteiger partial charge is 0.243 e. The van der Waals surface area contributed by atoms with E-state index in [4.69, 9.17) is 16.3 Å². The summed E-state index contributed by atoms with van der Waals surface area (Å²) in [5, 5.41) is 3.34. The van der Waals surface area contributed by atoms with Crippen molar-refractivity contribution in [3.8, 4) is 5.75 Å². The van der Waals surface area contributed by atoms with Gasteiger partial charge in [0.15, 0.2) is 0 Å². The number of likely N-dealkylation sites (N-methyl/N-ethyl adjacent to an activating group) is 1. The molecule has 3 amide bonds. The molecule has 1 heterocycles. The first-order valence-corrected chi connectivity index (χ1v) is 10.1. The molecule has 0 aromatic heterocycles. The van der Waals surface area contributed by atoms with Crippen molar-refractivity contribution >= 4 is 40.7 Å². The minimum absolute atomic E-state index is 0.128. The molecule has 1 aliphatic rings. The molecule has 0 saturated carbocycles. The standard InChI is InChI=1S/C22H24ClN3O4/c1-3-25(14-20(27)24-16-5-4-6-18(13-16)30-2)21(28)19-11-12-26(22(19)29)17-9-7-15(23)8-10-17/h4-10,13,19H,3,11-12,14H2,1-2H3,(H,24,27). The van der Waals surface area contributed by atoms with E-state index in [0.29, 0.717) is 41.7 Å². The molecule has 0 aliphatic carbocycles. The Kier molecular flexibility index (Phi) is 6.95. The first-order valence-electron chi connectivity index (χ1n) is 9.72. The number of anilines is 2. The Morgan fingerprint density at radius 3 is 2.63 bits per heavy atom. The maximum absolute atomic E-state index is 13.0. The molecule has 2 aromatic carbocycles. The topological polar surface area (TPSA) is 79.0 Å². The number of nitrogens with one attached hydrogen (secondary N) is 1. The van der Waals surface area contributed by atoms with Crippen LogP contribution in [0.4, 0.5) is 11.4 Å². The van der Waals surface area contributed by atoms with Gasteiger partial charge in [0, 0.05) is 35.6 Å². The molecular formula is C22H24ClN3O4. The lowest BCUT2D eigenvalue weighted by atomic mass is 10.1.